The predicted octanol–water partition coefficient (Wildman–Crippen LogP) is 5.22. The Bertz CT molecular complexity index is 1060. The molecular formula is C21H22N4OS. The summed E-state index contributed by atoms with van der Waals surface area (Å²) in [6.07, 6.45) is 0. The monoisotopic (exact) mass is 378 g/mol. The van der Waals surface area contributed by atoms with Crippen LogP contribution in [0.15, 0.2) is 48.5 Å². The lowest BCUT2D eigenvalue weighted by molar-refractivity contribution is 0.340. The van der Waals surface area contributed by atoms with E-state index in [2.05, 4.69) is 55.2 Å². The van der Waals surface area contributed by atoms with Crippen molar-refractivity contribution in [2.75, 3.05) is 6.61 Å². The fraction of sp³-hybridized carbons (Fsp3) is 0.286. The highest BCUT2D eigenvalue weighted by Gasteiger charge is 2.16. The van der Waals surface area contributed by atoms with Gasteiger partial charge < -0.3 is 4.74 Å². The van der Waals surface area contributed by atoms with Crippen LogP contribution >= 0.6 is 11.3 Å². The van der Waals surface area contributed by atoms with Crippen molar-refractivity contribution in [2.24, 2.45) is 0 Å². The van der Waals surface area contributed by atoms with Crippen LogP contribution < -0.4 is 4.74 Å². The number of hydrogen-bond donors (Lipinski definition) is 0. The first kappa shape index (κ1) is 17.7. The Morgan fingerprint density at radius 3 is 2.22 bits per heavy atom. The molecule has 138 valence electrons. The molecule has 0 saturated heterocycles. The quantitative estimate of drug-likeness (QED) is 0.489. The van der Waals surface area contributed by atoms with E-state index >= 15 is 0 Å². The highest BCUT2D eigenvalue weighted by Crippen LogP contribution is 2.30. The minimum atomic E-state index is 0.140. The smallest absolute Gasteiger partial charge is 0.235 e. The van der Waals surface area contributed by atoms with Crippen LogP contribution in [0.3, 0.4) is 0 Å². The third kappa shape index (κ3) is 3.45. The molecule has 0 bridgehead atoms. The molecule has 27 heavy (non-hydrogen) atoms. The Morgan fingerprint density at radius 2 is 1.59 bits per heavy atom. The topological polar surface area (TPSA) is 52.3 Å². The van der Waals surface area contributed by atoms with Crippen LogP contribution in [0.5, 0.6) is 5.75 Å². The van der Waals surface area contributed by atoms with Gasteiger partial charge in [0.1, 0.15) is 10.8 Å². The molecule has 0 unspecified atom stereocenters. The largest absolute Gasteiger partial charge is 0.494 e. The second-order valence-corrected chi connectivity index (χ2v) is 8.37. The van der Waals surface area contributed by atoms with Gasteiger partial charge in [0.05, 0.1) is 6.61 Å². The van der Waals surface area contributed by atoms with Gasteiger partial charge >= 0.3 is 0 Å². The maximum absolute atomic E-state index is 5.50. The average Bonchev–Trinajstić information content (AvgIpc) is 3.23. The van der Waals surface area contributed by atoms with E-state index < -0.39 is 0 Å². The molecule has 4 rings (SSSR count). The van der Waals surface area contributed by atoms with E-state index in [1.165, 1.54) is 5.56 Å². The zero-order valence-corrected chi connectivity index (χ0v) is 16.7. The first-order valence-electron chi connectivity index (χ1n) is 9.02. The van der Waals surface area contributed by atoms with Gasteiger partial charge in [0.2, 0.25) is 4.96 Å². The fourth-order valence-electron chi connectivity index (χ4n) is 2.89. The summed E-state index contributed by atoms with van der Waals surface area (Å²) in [4.78, 5) is 0.786. The van der Waals surface area contributed by atoms with Gasteiger partial charge in [-0.1, -0.05) is 56.4 Å². The molecule has 4 aromatic rings. The molecule has 2 heterocycles. The standard InChI is InChI=1S/C21H22N4OS/c1-5-26-17-12-8-14(9-13-17)18-22-23-20-25(18)24-19(27-20)15-6-10-16(11-7-15)21(2,3)4/h6-13H,5H2,1-4H3. The highest BCUT2D eigenvalue weighted by molar-refractivity contribution is 7.19. The van der Waals surface area contributed by atoms with Gasteiger partial charge in [-0.25, -0.2) is 0 Å². The molecule has 2 aromatic carbocycles. The zero-order valence-electron chi connectivity index (χ0n) is 15.9. The summed E-state index contributed by atoms with van der Waals surface area (Å²) in [5.74, 6) is 1.58. The number of fused-ring (bicyclic) bond motifs is 1. The Morgan fingerprint density at radius 1 is 0.926 bits per heavy atom. The number of aromatic nitrogens is 4. The minimum absolute atomic E-state index is 0.140. The fourth-order valence-corrected chi connectivity index (χ4v) is 3.74. The third-order valence-electron chi connectivity index (χ3n) is 4.41. The highest BCUT2D eigenvalue weighted by atomic mass is 32.1. The van der Waals surface area contributed by atoms with E-state index in [1.807, 2.05) is 35.7 Å². The third-order valence-corrected chi connectivity index (χ3v) is 5.36. The van der Waals surface area contributed by atoms with Crippen molar-refractivity contribution in [3.63, 3.8) is 0 Å². The molecule has 0 spiro atoms. The summed E-state index contributed by atoms with van der Waals surface area (Å²) in [6.45, 7) is 9.27. The van der Waals surface area contributed by atoms with Crippen LogP contribution in [-0.2, 0) is 5.41 Å². The summed E-state index contributed by atoms with van der Waals surface area (Å²) in [5.41, 5.74) is 3.51. The number of rotatable bonds is 4. The number of benzene rings is 2. The second-order valence-electron chi connectivity index (χ2n) is 7.41. The SMILES string of the molecule is CCOc1ccc(-c2nnc3sc(-c4ccc(C(C)(C)C)cc4)nn23)cc1. The second kappa shape index (κ2) is 6.78. The van der Waals surface area contributed by atoms with E-state index in [-0.39, 0.29) is 5.41 Å². The Labute approximate surface area is 162 Å². The molecule has 5 nitrogen and oxygen atoms in total. The molecule has 0 radical (unpaired) electrons. The van der Waals surface area contributed by atoms with Gasteiger partial charge in [-0.2, -0.15) is 9.61 Å². The van der Waals surface area contributed by atoms with Crippen LogP contribution in [0.2, 0.25) is 0 Å². The van der Waals surface area contributed by atoms with Gasteiger partial charge in [0, 0.05) is 11.1 Å². The van der Waals surface area contributed by atoms with Crippen LogP contribution in [0.4, 0.5) is 0 Å². The normalized spacial score (nSPS) is 11.9. The van der Waals surface area contributed by atoms with Gasteiger partial charge in [0.25, 0.3) is 0 Å². The molecular weight excluding hydrogens is 356 g/mol. The molecule has 0 N–H and O–H groups in total. The summed E-state index contributed by atoms with van der Waals surface area (Å²) < 4.78 is 7.32. The lowest BCUT2D eigenvalue weighted by Gasteiger charge is -2.18. The maximum Gasteiger partial charge on any atom is 0.235 e. The molecule has 2 aromatic heterocycles. The van der Waals surface area contributed by atoms with E-state index in [1.54, 1.807) is 11.3 Å². The lowest BCUT2D eigenvalue weighted by atomic mass is 9.87. The summed E-state index contributed by atoms with van der Waals surface area (Å²) in [5, 5.41) is 14.3. The van der Waals surface area contributed by atoms with Gasteiger partial charge in [-0.05, 0) is 42.2 Å². The first-order chi connectivity index (χ1) is 13.0. The molecule has 0 atom stereocenters. The van der Waals surface area contributed by atoms with Crippen molar-refractivity contribution < 1.29 is 4.74 Å². The van der Waals surface area contributed by atoms with E-state index in [9.17, 15) is 0 Å². The van der Waals surface area contributed by atoms with Crippen LogP contribution in [0, 0.1) is 0 Å². The molecule has 0 fully saturated rings. The Kier molecular flexibility index (Phi) is 4.44. The summed E-state index contributed by atoms with van der Waals surface area (Å²) in [6, 6.07) is 16.5. The maximum atomic E-state index is 5.50. The van der Waals surface area contributed by atoms with Crippen molar-refractivity contribution in [3.8, 4) is 27.7 Å². The molecule has 0 aliphatic rings. The van der Waals surface area contributed by atoms with Gasteiger partial charge in [-0.3, -0.25) is 0 Å². The summed E-state index contributed by atoms with van der Waals surface area (Å²) in [7, 11) is 0. The number of ether oxygens (including phenoxy) is 1. The summed E-state index contributed by atoms with van der Waals surface area (Å²) >= 11 is 1.54. The molecule has 0 aliphatic carbocycles. The lowest BCUT2D eigenvalue weighted by Crippen LogP contribution is -2.10. The van der Waals surface area contributed by atoms with Crippen LogP contribution in [-0.4, -0.2) is 26.4 Å². The van der Waals surface area contributed by atoms with Crippen molar-refractivity contribution in [1.29, 1.82) is 0 Å². The molecule has 0 saturated carbocycles. The number of hydrogen-bond acceptors (Lipinski definition) is 5. The van der Waals surface area contributed by atoms with E-state index in [0.29, 0.717) is 6.61 Å². The molecule has 0 aliphatic heterocycles. The van der Waals surface area contributed by atoms with Crippen molar-refractivity contribution in [3.05, 3.63) is 54.1 Å². The Hall–Kier alpha value is -2.73. The van der Waals surface area contributed by atoms with E-state index in [0.717, 1.165) is 32.7 Å². The zero-order chi connectivity index (χ0) is 19.0. The van der Waals surface area contributed by atoms with Gasteiger partial charge in [0.15, 0.2) is 5.82 Å². The van der Waals surface area contributed by atoms with Gasteiger partial charge in [-0.15, -0.1) is 10.2 Å². The van der Waals surface area contributed by atoms with Crippen LogP contribution in [0.25, 0.3) is 26.9 Å². The van der Waals surface area contributed by atoms with Crippen molar-refractivity contribution in [1.82, 2.24) is 19.8 Å². The van der Waals surface area contributed by atoms with Crippen molar-refractivity contribution in [2.45, 2.75) is 33.1 Å². The van der Waals surface area contributed by atoms with Crippen molar-refractivity contribution >= 4 is 16.3 Å². The van der Waals surface area contributed by atoms with Crippen LogP contribution in [0.1, 0.15) is 33.3 Å². The Balaban J connectivity index is 1.68. The average molecular weight is 379 g/mol. The molecule has 6 heteroatoms. The number of nitrogens with zero attached hydrogens (tertiary/aromatic N) is 4. The minimum Gasteiger partial charge on any atom is -0.494 e. The first-order valence-corrected chi connectivity index (χ1v) is 9.84. The molecule has 0 amide bonds. The predicted molar refractivity (Wildman–Crippen MR) is 109 cm³/mol. The van der Waals surface area contributed by atoms with E-state index in [4.69, 9.17) is 9.84 Å².